The molecule has 1 heterocycles. The number of nitrogens with zero attached hydrogens (tertiary/aromatic N) is 1. The van der Waals surface area contributed by atoms with Crippen molar-refractivity contribution in [2.45, 2.75) is 6.42 Å². The molecule has 0 amide bonds. The van der Waals surface area contributed by atoms with Gasteiger partial charge in [-0.15, -0.1) is 0 Å². The summed E-state index contributed by atoms with van der Waals surface area (Å²) >= 11 is 0. The van der Waals surface area contributed by atoms with Gasteiger partial charge in [-0.25, -0.2) is 0 Å². The first-order valence-electron chi connectivity index (χ1n) is 5.85. The average molecular weight is 220 g/mol. The number of hydrogen-bond donors (Lipinski definition) is 1. The van der Waals surface area contributed by atoms with Gasteiger partial charge in [-0.3, -0.25) is 0 Å². The summed E-state index contributed by atoms with van der Waals surface area (Å²) in [6, 6.07) is 8.53. The third-order valence-electron chi connectivity index (χ3n) is 3.00. The quantitative estimate of drug-likeness (QED) is 0.842. The molecule has 1 N–H and O–H groups in total. The molecule has 1 unspecified atom stereocenters. The van der Waals surface area contributed by atoms with Gasteiger partial charge in [0.2, 0.25) is 0 Å². The molecule has 0 aromatic heterocycles. The molecule has 2 rings (SSSR count). The average Bonchev–Trinajstić information content (AvgIpc) is 2.80. The van der Waals surface area contributed by atoms with Crippen molar-refractivity contribution in [3.63, 3.8) is 0 Å². The molecule has 0 bridgehead atoms. The molecular formula is C13H20N2O. The van der Waals surface area contributed by atoms with Crippen molar-refractivity contribution >= 4 is 11.4 Å². The molecule has 1 aromatic rings. The van der Waals surface area contributed by atoms with Crippen molar-refractivity contribution in [3.8, 4) is 0 Å². The van der Waals surface area contributed by atoms with Crippen LogP contribution in [0.4, 0.5) is 11.4 Å². The highest BCUT2D eigenvalue weighted by atomic mass is 16.5. The summed E-state index contributed by atoms with van der Waals surface area (Å²) in [5.74, 6) is 0.675. The Hall–Kier alpha value is -1.22. The van der Waals surface area contributed by atoms with Crippen LogP contribution in [-0.2, 0) is 4.74 Å². The molecule has 0 spiro atoms. The Labute approximate surface area is 97.4 Å². The molecule has 1 saturated heterocycles. The van der Waals surface area contributed by atoms with Gasteiger partial charge in [-0.05, 0) is 30.7 Å². The topological polar surface area (TPSA) is 24.5 Å². The summed E-state index contributed by atoms with van der Waals surface area (Å²) in [7, 11) is 4.11. The number of hydrogen-bond acceptors (Lipinski definition) is 3. The Morgan fingerprint density at radius 2 is 2.06 bits per heavy atom. The van der Waals surface area contributed by atoms with Gasteiger partial charge in [0.25, 0.3) is 0 Å². The van der Waals surface area contributed by atoms with Crippen molar-refractivity contribution < 1.29 is 4.74 Å². The van der Waals surface area contributed by atoms with E-state index in [1.54, 1.807) is 0 Å². The highest BCUT2D eigenvalue weighted by molar-refractivity contribution is 5.54. The van der Waals surface area contributed by atoms with Crippen LogP contribution in [0.5, 0.6) is 0 Å². The molecule has 1 fully saturated rings. The van der Waals surface area contributed by atoms with Crippen molar-refractivity contribution in [3.05, 3.63) is 24.3 Å². The predicted octanol–water partition coefficient (Wildman–Crippen LogP) is 2.20. The third-order valence-corrected chi connectivity index (χ3v) is 3.00. The minimum absolute atomic E-state index is 0.675. The van der Waals surface area contributed by atoms with E-state index in [1.807, 2.05) is 0 Å². The number of nitrogens with one attached hydrogen (secondary N) is 1. The van der Waals surface area contributed by atoms with E-state index in [9.17, 15) is 0 Å². The molecule has 3 heteroatoms. The van der Waals surface area contributed by atoms with E-state index >= 15 is 0 Å². The Kier molecular flexibility index (Phi) is 3.67. The van der Waals surface area contributed by atoms with Crippen LogP contribution in [0, 0.1) is 5.92 Å². The molecule has 0 radical (unpaired) electrons. The van der Waals surface area contributed by atoms with E-state index in [4.69, 9.17) is 4.74 Å². The van der Waals surface area contributed by atoms with Crippen molar-refractivity contribution in [2.75, 3.05) is 44.1 Å². The van der Waals surface area contributed by atoms with Gasteiger partial charge >= 0.3 is 0 Å². The maximum atomic E-state index is 5.35. The van der Waals surface area contributed by atoms with Crippen molar-refractivity contribution in [1.29, 1.82) is 0 Å². The number of rotatable bonds is 4. The van der Waals surface area contributed by atoms with E-state index in [0.29, 0.717) is 5.92 Å². The minimum Gasteiger partial charge on any atom is -0.385 e. The zero-order chi connectivity index (χ0) is 11.4. The number of anilines is 2. The van der Waals surface area contributed by atoms with Crippen LogP contribution in [0.15, 0.2) is 24.3 Å². The van der Waals surface area contributed by atoms with E-state index in [-0.39, 0.29) is 0 Å². The summed E-state index contributed by atoms with van der Waals surface area (Å²) in [5.41, 5.74) is 2.42. The molecule has 1 aliphatic rings. The summed E-state index contributed by atoms with van der Waals surface area (Å²) in [6.45, 7) is 2.84. The SMILES string of the molecule is CN(C)c1ccc(NCC2CCOC2)cc1. The Bertz CT molecular complexity index is 315. The second-order valence-electron chi connectivity index (χ2n) is 4.55. The first-order chi connectivity index (χ1) is 7.75. The van der Waals surface area contributed by atoms with Crippen LogP contribution in [-0.4, -0.2) is 33.9 Å². The fourth-order valence-corrected chi connectivity index (χ4v) is 1.88. The van der Waals surface area contributed by atoms with E-state index in [1.165, 1.54) is 17.8 Å². The lowest BCUT2D eigenvalue weighted by atomic mass is 10.1. The van der Waals surface area contributed by atoms with E-state index < -0.39 is 0 Å². The lowest BCUT2D eigenvalue weighted by Gasteiger charge is -2.14. The summed E-state index contributed by atoms with van der Waals surface area (Å²) < 4.78 is 5.35. The van der Waals surface area contributed by atoms with Crippen LogP contribution in [0.2, 0.25) is 0 Å². The Morgan fingerprint density at radius 1 is 1.31 bits per heavy atom. The first-order valence-corrected chi connectivity index (χ1v) is 5.85. The molecule has 3 nitrogen and oxygen atoms in total. The first kappa shape index (κ1) is 11.3. The third kappa shape index (κ3) is 2.89. The van der Waals surface area contributed by atoms with Gasteiger partial charge in [-0.1, -0.05) is 0 Å². The molecule has 0 saturated carbocycles. The maximum Gasteiger partial charge on any atom is 0.0511 e. The zero-order valence-corrected chi connectivity index (χ0v) is 10.1. The molecule has 0 aliphatic carbocycles. The van der Waals surface area contributed by atoms with Gasteiger partial charge < -0.3 is 15.0 Å². The van der Waals surface area contributed by atoms with Crippen LogP contribution in [0.25, 0.3) is 0 Å². The smallest absolute Gasteiger partial charge is 0.0511 e. The summed E-state index contributed by atoms with van der Waals surface area (Å²) in [6.07, 6.45) is 1.18. The van der Waals surface area contributed by atoms with Crippen LogP contribution >= 0.6 is 0 Å². The lowest BCUT2D eigenvalue weighted by Crippen LogP contribution is -2.14. The van der Waals surface area contributed by atoms with E-state index in [0.717, 1.165) is 19.8 Å². The number of benzene rings is 1. The summed E-state index contributed by atoms with van der Waals surface area (Å²) in [4.78, 5) is 2.11. The summed E-state index contributed by atoms with van der Waals surface area (Å²) in [5, 5.41) is 3.45. The van der Waals surface area contributed by atoms with Gasteiger partial charge in [-0.2, -0.15) is 0 Å². The van der Waals surface area contributed by atoms with Gasteiger partial charge in [0, 0.05) is 44.5 Å². The molecular weight excluding hydrogens is 200 g/mol. The zero-order valence-electron chi connectivity index (χ0n) is 10.1. The van der Waals surface area contributed by atoms with Crippen LogP contribution in [0.1, 0.15) is 6.42 Å². The second kappa shape index (κ2) is 5.21. The van der Waals surface area contributed by atoms with Crippen LogP contribution < -0.4 is 10.2 Å². The molecule has 16 heavy (non-hydrogen) atoms. The van der Waals surface area contributed by atoms with Crippen molar-refractivity contribution in [2.24, 2.45) is 5.92 Å². The monoisotopic (exact) mass is 220 g/mol. The fourth-order valence-electron chi connectivity index (χ4n) is 1.88. The lowest BCUT2D eigenvalue weighted by molar-refractivity contribution is 0.187. The highest BCUT2D eigenvalue weighted by Crippen LogP contribution is 2.17. The van der Waals surface area contributed by atoms with Crippen molar-refractivity contribution in [1.82, 2.24) is 0 Å². The normalized spacial score (nSPS) is 19.8. The Balaban J connectivity index is 1.84. The minimum atomic E-state index is 0.675. The fraction of sp³-hybridized carbons (Fsp3) is 0.538. The standard InChI is InChI=1S/C13H20N2O/c1-15(2)13-5-3-12(4-6-13)14-9-11-7-8-16-10-11/h3-6,11,14H,7-10H2,1-2H3. The molecule has 1 aliphatic heterocycles. The highest BCUT2D eigenvalue weighted by Gasteiger charge is 2.14. The van der Waals surface area contributed by atoms with Gasteiger partial charge in [0.1, 0.15) is 0 Å². The van der Waals surface area contributed by atoms with Gasteiger partial charge in [0.15, 0.2) is 0 Å². The van der Waals surface area contributed by atoms with E-state index in [2.05, 4.69) is 48.6 Å². The van der Waals surface area contributed by atoms with Crippen LogP contribution in [0.3, 0.4) is 0 Å². The largest absolute Gasteiger partial charge is 0.385 e. The maximum absolute atomic E-state index is 5.35. The molecule has 88 valence electrons. The molecule has 1 atom stereocenters. The van der Waals surface area contributed by atoms with Gasteiger partial charge in [0.05, 0.1) is 6.61 Å². The Morgan fingerprint density at radius 3 is 2.62 bits per heavy atom. The molecule has 1 aromatic carbocycles. The number of ether oxygens (including phenoxy) is 1. The predicted molar refractivity (Wildman–Crippen MR) is 68.2 cm³/mol. The second-order valence-corrected chi connectivity index (χ2v) is 4.55.